The summed E-state index contributed by atoms with van der Waals surface area (Å²) in [5.41, 5.74) is 2.31. The van der Waals surface area contributed by atoms with E-state index in [2.05, 4.69) is 27.3 Å². The first kappa shape index (κ1) is 18.0. The van der Waals surface area contributed by atoms with E-state index in [4.69, 9.17) is 4.98 Å². The van der Waals surface area contributed by atoms with Gasteiger partial charge in [-0.15, -0.1) is 11.3 Å². The molecule has 0 aliphatic carbocycles. The van der Waals surface area contributed by atoms with Crippen molar-refractivity contribution in [3.8, 4) is 10.6 Å². The van der Waals surface area contributed by atoms with E-state index in [1.165, 1.54) is 5.56 Å². The number of hydrogen-bond acceptors (Lipinski definition) is 5. The molecule has 2 aromatic rings. The second-order valence-electron chi connectivity index (χ2n) is 6.73. The molecule has 25 heavy (non-hydrogen) atoms. The summed E-state index contributed by atoms with van der Waals surface area (Å²) in [4.78, 5) is 23.3. The summed E-state index contributed by atoms with van der Waals surface area (Å²) < 4.78 is 0. The molecule has 3 rings (SSSR count). The second-order valence-corrected chi connectivity index (χ2v) is 7.59. The maximum Gasteiger partial charge on any atom is 0.239 e. The normalized spacial score (nSPS) is 17.4. The van der Waals surface area contributed by atoms with Gasteiger partial charge in [0.15, 0.2) is 0 Å². The summed E-state index contributed by atoms with van der Waals surface area (Å²) in [5.74, 6) is 0.181. The number of amides is 1. The van der Waals surface area contributed by atoms with Gasteiger partial charge in [-0.1, -0.05) is 30.3 Å². The van der Waals surface area contributed by atoms with Gasteiger partial charge in [0.25, 0.3) is 0 Å². The van der Waals surface area contributed by atoms with E-state index < -0.39 is 0 Å². The van der Waals surface area contributed by atoms with Crippen molar-refractivity contribution < 1.29 is 4.79 Å². The monoisotopic (exact) mass is 358 g/mol. The molecule has 0 radical (unpaired) electrons. The van der Waals surface area contributed by atoms with E-state index in [1.807, 2.05) is 39.2 Å². The third kappa shape index (κ3) is 4.45. The van der Waals surface area contributed by atoms with Crippen LogP contribution in [0, 0.1) is 0 Å². The summed E-state index contributed by atoms with van der Waals surface area (Å²) in [6.07, 6.45) is 0. The van der Waals surface area contributed by atoms with E-state index in [0.717, 1.165) is 43.4 Å². The predicted molar refractivity (Wildman–Crippen MR) is 103 cm³/mol. The van der Waals surface area contributed by atoms with Gasteiger partial charge in [0.1, 0.15) is 5.01 Å². The second kappa shape index (κ2) is 8.08. The molecule has 1 atom stereocenters. The van der Waals surface area contributed by atoms with Gasteiger partial charge in [-0.2, -0.15) is 0 Å². The number of thiazole rings is 1. The minimum absolute atomic E-state index is 0.0406. The molecule has 0 spiro atoms. The molecule has 5 nitrogen and oxygen atoms in total. The van der Waals surface area contributed by atoms with Crippen LogP contribution in [-0.4, -0.2) is 71.9 Å². The number of likely N-dealkylation sites (N-methyl/N-ethyl adjacent to an activating group) is 1. The van der Waals surface area contributed by atoms with Crippen LogP contribution in [0.4, 0.5) is 0 Å². The van der Waals surface area contributed by atoms with E-state index in [-0.39, 0.29) is 11.9 Å². The highest BCUT2D eigenvalue weighted by Crippen LogP contribution is 2.24. The zero-order chi connectivity index (χ0) is 17.8. The number of carbonyl (C=O) groups is 1. The van der Waals surface area contributed by atoms with Gasteiger partial charge in [0.05, 0.1) is 11.7 Å². The molecule has 0 N–H and O–H groups in total. The van der Waals surface area contributed by atoms with Gasteiger partial charge in [0.2, 0.25) is 5.91 Å². The first-order valence-corrected chi connectivity index (χ1v) is 9.60. The van der Waals surface area contributed by atoms with Gasteiger partial charge in [-0.05, 0) is 6.92 Å². The molecular formula is C19H26N4OS. The van der Waals surface area contributed by atoms with Crippen molar-refractivity contribution in [3.63, 3.8) is 0 Å². The van der Waals surface area contributed by atoms with Crippen molar-refractivity contribution in [2.24, 2.45) is 0 Å². The fourth-order valence-corrected chi connectivity index (χ4v) is 3.98. The highest BCUT2D eigenvalue weighted by atomic mass is 32.1. The molecule has 1 fully saturated rings. The largest absolute Gasteiger partial charge is 0.347 e. The van der Waals surface area contributed by atoms with Crippen LogP contribution in [0.3, 0.4) is 0 Å². The van der Waals surface area contributed by atoms with Crippen molar-refractivity contribution in [2.75, 3.05) is 40.3 Å². The van der Waals surface area contributed by atoms with Gasteiger partial charge < -0.3 is 4.90 Å². The lowest BCUT2D eigenvalue weighted by atomic mass is 10.2. The Hall–Kier alpha value is -1.76. The van der Waals surface area contributed by atoms with Gasteiger partial charge in [0, 0.05) is 57.8 Å². The number of carbonyl (C=O) groups excluding carboxylic acids is 1. The molecule has 0 bridgehead atoms. The quantitative estimate of drug-likeness (QED) is 0.823. The van der Waals surface area contributed by atoms with Crippen molar-refractivity contribution in [1.29, 1.82) is 0 Å². The average molecular weight is 359 g/mol. The Balaban J connectivity index is 1.53. The van der Waals surface area contributed by atoms with Crippen LogP contribution in [0.1, 0.15) is 12.6 Å². The number of hydrogen-bond donors (Lipinski definition) is 0. The molecule has 1 aliphatic heterocycles. The minimum atomic E-state index is -0.0406. The summed E-state index contributed by atoms with van der Waals surface area (Å²) in [7, 11) is 3.64. The fourth-order valence-electron chi connectivity index (χ4n) is 3.16. The Morgan fingerprint density at radius 2 is 1.88 bits per heavy atom. The Bertz CT molecular complexity index is 692. The zero-order valence-electron chi connectivity index (χ0n) is 15.2. The smallest absolute Gasteiger partial charge is 0.239 e. The van der Waals surface area contributed by atoms with Gasteiger partial charge in [-0.3, -0.25) is 14.6 Å². The Morgan fingerprint density at radius 1 is 1.20 bits per heavy atom. The molecule has 0 saturated carbocycles. The molecule has 1 saturated heterocycles. The van der Waals surface area contributed by atoms with E-state index >= 15 is 0 Å². The van der Waals surface area contributed by atoms with Crippen LogP contribution >= 0.6 is 11.3 Å². The topological polar surface area (TPSA) is 39.7 Å². The molecule has 1 amide bonds. The molecule has 1 aromatic carbocycles. The molecule has 1 unspecified atom stereocenters. The molecule has 1 aromatic heterocycles. The molecule has 1 aliphatic rings. The average Bonchev–Trinajstić information content (AvgIpc) is 3.10. The first-order valence-electron chi connectivity index (χ1n) is 8.72. The van der Waals surface area contributed by atoms with Crippen molar-refractivity contribution in [1.82, 2.24) is 19.7 Å². The lowest BCUT2D eigenvalue weighted by molar-refractivity contribution is -0.134. The van der Waals surface area contributed by atoms with Gasteiger partial charge in [-0.25, -0.2) is 4.98 Å². The van der Waals surface area contributed by atoms with Crippen LogP contribution in [0.15, 0.2) is 35.7 Å². The number of nitrogens with zero attached hydrogens (tertiary/aromatic N) is 4. The summed E-state index contributed by atoms with van der Waals surface area (Å²) in [5, 5.41) is 3.24. The third-order valence-electron chi connectivity index (χ3n) is 4.71. The summed E-state index contributed by atoms with van der Waals surface area (Å²) >= 11 is 1.71. The van der Waals surface area contributed by atoms with Crippen LogP contribution in [0.5, 0.6) is 0 Å². The predicted octanol–water partition coefficient (Wildman–Crippen LogP) is 2.40. The first-order chi connectivity index (χ1) is 12.0. The Labute approximate surface area is 153 Å². The number of aromatic nitrogens is 1. The number of benzene rings is 1. The third-order valence-corrected chi connectivity index (χ3v) is 5.65. The lowest BCUT2D eigenvalue weighted by Gasteiger charge is -2.37. The molecule has 2 heterocycles. The zero-order valence-corrected chi connectivity index (χ0v) is 16.0. The molecular weight excluding hydrogens is 332 g/mol. The molecule has 6 heteroatoms. The van der Waals surface area contributed by atoms with Crippen molar-refractivity contribution in [2.45, 2.75) is 19.5 Å². The highest BCUT2D eigenvalue weighted by Gasteiger charge is 2.26. The van der Waals surface area contributed by atoms with Crippen molar-refractivity contribution in [3.05, 3.63) is 41.4 Å². The van der Waals surface area contributed by atoms with E-state index in [0.29, 0.717) is 0 Å². The van der Waals surface area contributed by atoms with E-state index in [9.17, 15) is 4.79 Å². The van der Waals surface area contributed by atoms with Crippen LogP contribution in [-0.2, 0) is 11.3 Å². The summed E-state index contributed by atoms with van der Waals surface area (Å²) in [6.45, 7) is 6.69. The number of rotatable bonds is 5. The maximum absolute atomic E-state index is 12.1. The van der Waals surface area contributed by atoms with Crippen LogP contribution in [0.25, 0.3) is 10.6 Å². The Kier molecular flexibility index (Phi) is 5.83. The SMILES string of the molecule is CC(C(=O)N(C)C)N1CCN(Cc2csc(-c3ccccc3)n2)CC1. The highest BCUT2D eigenvalue weighted by molar-refractivity contribution is 7.13. The number of piperazine rings is 1. The van der Waals surface area contributed by atoms with Crippen molar-refractivity contribution >= 4 is 17.2 Å². The standard InChI is InChI=1S/C19H26N4OS/c1-15(19(24)21(2)3)23-11-9-22(10-12-23)13-17-14-25-18(20-17)16-7-5-4-6-8-16/h4-8,14-15H,9-13H2,1-3H3. The summed E-state index contributed by atoms with van der Waals surface area (Å²) in [6, 6.07) is 10.3. The Morgan fingerprint density at radius 3 is 2.52 bits per heavy atom. The maximum atomic E-state index is 12.1. The minimum Gasteiger partial charge on any atom is -0.347 e. The van der Waals surface area contributed by atoms with Crippen LogP contribution in [0.2, 0.25) is 0 Å². The van der Waals surface area contributed by atoms with Gasteiger partial charge >= 0.3 is 0 Å². The van der Waals surface area contributed by atoms with Crippen LogP contribution < -0.4 is 0 Å². The van der Waals surface area contributed by atoms with E-state index in [1.54, 1.807) is 16.2 Å². The fraction of sp³-hybridized carbons (Fsp3) is 0.474. The lowest BCUT2D eigenvalue weighted by Crippen LogP contribution is -2.53. The molecule has 134 valence electrons.